The third kappa shape index (κ3) is 5.38. The molecule has 0 aliphatic carbocycles. The molecule has 1 aliphatic heterocycles. The van der Waals surface area contributed by atoms with Gasteiger partial charge in [0.15, 0.2) is 0 Å². The van der Waals surface area contributed by atoms with Crippen LogP contribution in [0.2, 0.25) is 0 Å². The number of carbonyl (C=O) groups is 1. The van der Waals surface area contributed by atoms with E-state index in [1.807, 2.05) is 6.92 Å². The zero-order valence-electron chi connectivity index (χ0n) is 12.5. The van der Waals surface area contributed by atoms with Crippen LogP contribution in [0.15, 0.2) is 0 Å². The Morgan fingerprint density at radius 2 is 2.06 bits per heavy atom. The second-order valence-electron chi connectivity index (χ2n) is 6.46. The molecule has 1 rings (SSSR count). The Balaban J connectivity index is 2.42. The van der Waals surface area contributed by atoms with Crippen molar-refractivity contribution in [3.8, 4) is 0 Å². The van der Waals surface area contributed by atoms with Gasteiger partial charge in [-0.2, -0.15) is 0 Å². The number of rotatable bonds is 5. The quantitative estimate of drug-likeness (QED) is 0.706. The van der Waals surface area contributed by atoms with Crippen molar-refractivity contribution in [3.63, 3.8) is 0 Å². The highest BCUT2D eigenvalue weighted by Gasteiger charge is 2.29. The normalized spacial score (nSPS) is 21.9. The van der Waals surface area contributed by atoms with Crippen molar-refractivity contribution in [3.05, 3.63) is 0 Å². The van der Waals surface area contributed by atoms with Crippen LogP contribution in [-0.4, -0.2) is 36.6 Å². The van der Waals surface area contributed by atoms with E-state index in [2.05, 4.69) is 25.7 Å². The highest BCUT2D eigenvalue weighted by molar-refractivity contribution is 5.75. The van der Waals surface area contributed by atoms with Crippen molar-refractivity contribution in [2.45, 2.75) is 65.8 Å². The van der Waals surface area contributed by atoms with E-state index in [1.165, 1.54) is 19.3 Å². The lowest BCUT2D eigenvalue weighted by molar-refractivity contribution is -0.150. The summed E-state index contributed by atoms with van der Waals surface area (Å²) in [6.45, 7) is 11.3. The second kappa shape index (κ2) is 7.13. The second-order valence-corrected chi connectivity index (χ2v) is 6.46. The minimum absolute atomic E-state index is 0.0127. The van der Waals surface area contributed by atoms with Gasteiger partial charge in [-0.25, -0.2) is 0 Å². The van der Waals surface area contributed by atoms with Gasteiger partial charge in [0, 0.05) is 0 Å². The van der Waals surface area contributed by atoms with E-state index in [0.717, 1.165) is 25.9 Å². The zero-order chi connectivity index (χ0) is 13.6. The number of hydrogen-bond acceptors (Lipinski definition) is 3. The lowest BCUT2D eigenvalue weighted by Crippen LogP contribution is -2.46. The molecule has 0 saturated carbocycles. The summed E-state index contributed by atoms with van der Waals surface area (Å²) in [7, 11) is 0. The van der Waals surface area contributed by atoms with Crippen LogP contribution in [0.1, 0.15) is 59.8 Å². The Morgan fingerprint density at radius 1 is 1.33 bits per heavy atom. The molecule has 1 unspecified atom stereocenters. The van der Waals surface area contributed by atoms with Crippen LogP contribution in [0, 0.1) is 5.41 Å². The van der Waals surface area contributed by atoms with Gasteiger partial charge in [0.1, 0.15) is 6.04 Å². The molecule has 0 aromatic rings. The molecule has 1 aliphatic rings. The molecule has 106 valence electrons. The van der Waals surface area contributed by atoms with E-state index in [4.69, 9.17) is 4.74 Å². The van der Waals surface area contributed by atoms with Crippen molar-refractivity contribution in [1.82, 2.24) is 4.90 Å². The lowest BCUT2D eigenvalue weighted by Gasteiger charge is -2.34. The van der Waals surface area contributed by atoms with Gasteiger partial charge in [-0.05, 0) is 51.1 Å². The van der Waals surface area contributed by atoms with Crippen LogP contribution in [0.4, 0.5) is 0 Å². The molecule has 3 nitrogen and oxygen atoms in total. The minimum atomic E-state index is -0.0204. The van der Waals surface area contributed by atoms with Crippen LogP contribution in [-0.2, 0) is 9.53 Å². The van der Waals surface area contributed by atoms with E-state index < -0.39 is 0 Å². The average Bonchev–Trinajstić information content (AvgIpc) is 2.28. The van der Waals surface area contributed by atoms with E-state index in [1.54, 1.807) is 0 Å². The van der Waals surface area contributed by atoms with E-state index >= 15 is 0 Å². The van der Waals surface area contributed by atoms with E-state index in [9.17, 15) is 4.79 Å². The molecule has 1 fully saturated rings. The monoisotopic (exact) mass is 255 g/mol. The minimum Gasteiger partial charge on any atom is -0.465 e. The number of hydrogen-bond donors (Lipinski definition) is 0. The maximum Gasteiger partial charge on any atom is 0.323 e. The topological polar surface area (TPSA) is 29.5 Å². The van der Waals surface area contributed by atoms with Gasteiger partial charge in [0.25, 0.3) is 0 Å². The van der Waals surface area contributed by atoms with Crippen molar-refractivity contribution in [1.29, 1.82) is 0 Å². The molecule has 0 aromatic heterocycles. The molecule has 0 aromatic carbocycles. The summed E-state index contributed by atoms with van der Waals surface area (Å²) in [4.78, 5) is 14.2. The van der Waals surface area contributed by atoms with Gasteiger partial charge in [-0.15, -0.1) is 0 Å². The first kappa shape index (κ1) is 15.5. The Bertz CT molecular complexity index is 258. The molecule has 1 saturated heterocycles. The molecule has 0 amide bonds. The Hall–Kier alpha value is -0.570. The summed E-state index contributed by atoms with van der Waals surface area (Å²) < 4.78 is 5.18. The lowest BCUT2D eigenvalue weighted by atomic mass is 9.90. The van der Waals surface area contributed by atoms with Gasteiger partial charge < -0.3 is 4.74 Å². The van der Waals surface area contributed by atoms with Gasteiger partial charge in [0.05, 0.1) is 6.61 Å². The third-order valence-electron chi connectivity index (χ3n) is 3.54. The summed E-state index contributed by atoms with van der Waals surface area (Å²) in [5.41, 5.74) is 0.384. The SMILES string of the molecule is CCOC(=O)C1CCCCN1CCCC(C)(C)C. The number of piperidine rings is 1. The summed E-state index contributed by atoms with van der Waals surface area (Å²) in [6, 6.07) is 0.0127. The van der Waals surface area contributed by atoms with Gasteiger partial charge in [-0.1, -0.05) is 27.2 Å². The van der Waals surface area contributed by atoms with Gasteiger partial charge in [-0.3, -0.25) is 9.69 Å². The molecule has 0 radical (unpaired) electrons. The van der Waals surface area contributed by atoms with Crippen molar-refractivity contribution < 1.29 is 9.53 Å². The zero-order valence-corrected chi connectivity index (χ0v) is 12.5. The summed E-state index contributed by atoms with van der Waals surface area (Å²) in [6.07, 6.45) is 5.71. The summed E-state index contributed by atoms with van der Waals surface area (Å²) in [5, 5.41) is 0. The number of ether oxygens (including phenoxy) is 1. The van der Waals surface area contributed by atoms with Crippen molar-refractivity contribution >= 4 is 5.97 Å². The molecular formula is C15H29NO2. The van der Waals surface area contributed by atoms with E-state index in [0.29, 0.717) is 12.0 Å². The third-order valence-corrected chi connectivity index (χ3v) is 3.54. The summed E-state index contributed by atoms with van der Waals surface area (Å²) in [5.74, 6) is -0.0204. The predicted octanol–water partition coefficient (Wildman–Crippen LogP) is 3.23. The van der Waals surface area contributed by atoms with Crippen LogP contribution in [0.5, 0.6) is 0 Å². The molecule has 0 N–H and O–H groups in total. The number of nitrogens with zero attached hydrogens (tertiary/aromatic N) is 1. The molecule has 3 heteroatoms. The van der Waals surface area contributed by atoms with Crippen LogP contribution in [0.3, 0.4) is 0 Å². The average molecular weight is 255 g/mol. The molecule has 1 atom stereocenters. The van der Waals surface area contributed by atoms with Crippen LogP contribution < -0.4 is 0 Å². The Kier molecular flexibility index (Phi) is 6.13. The first-order chi connectivity index (χ1) is 8.44. The first-order valence-electron chi connectivity index (χ1n) is 7.35. The molecule has 18 heavy (non-hydrogen) atoms. The number of esters is 1. The van der Waals surface area contributed by atoms with Gasteiger partial charge in [0.2, 0.25) is 0 Å². The highest BCUT2D eigenvalue weighted by Crippen LogP contribution is 2.23. The number of carbonyl (C=O) groups excluding carboxylic acids is 1. The fourth-order valence-corrected chi connectivity index (χ4v) is 2.58. The number of likely N-dealkylation sites (tertiary alicyclic amines) is 1. The fraction of sp³-hybridized carbons (Fsp3) is 0.933. The van der Waals surface area contributed by atoms with Gasteiger partial charge >= 0.3 is 5.97 Å². The molecular weight excluding hydrogens is 226 g/mol. The summed E-state index contributed by atoms with van der Waals surface area (Å²) >= 11 is 0. The predicted molar refractivity (Wildman–Crippen MR) is 74.5 cm³/mol. The first-order valence-corrected chi connectivity index (χ1v) is 7.35. The molecule has 0 spiro atoms. The maximum atomic E-state index is 11.9. The fourth-order valence-electron chi connectivity index (χ4n) is 2.58. The Morgan fingerprint density at radius 3 is 2.67 bits per heavy atom. The smallest absolute Gasteiger partial charge is 0.323 e. The standard InChI is InChI=1S/C15H29NO2/c1-5-18-14(17)13-9-6-7-11-16(13)12-8-10-15(2,3)4/h13H,5-12H2,1-4H3. The van der Waals surface area contributed by atoms with Crippen LogP contribution in [0.25, 0.3) is 0 Å². The van der Waals surface area contributed by atoms with Crippen LogP contribution >= 0.6 is 0 Å². The Labute approximate surface area is 112 Å². The molecule has 0 bridgehead atoms. The molecule has 1 heterocycles. The highest BCUT2D eigenvalue weighted by atomic mass is 16.5. The van der Waals surface area contributed by atoms with Crippen molar-refractivity contribution in [2.24, 2.45) is 5.41 Å². The largest absolute Gasteiger partial charge is 0.465 e. The maximum absolute atomic E-state index is 11.9. The van der Waals surface area contributed by atoms with E-state index in [-0.39, 0.29) is 12.0 Å². The van der Waals surface area contributed by atoms with Crippen molar-refractivity contribution in [2.75, 3.05) is 19.7 Å².